The molecule has 3 rings (SSSR count). The summed E-state index contributed by atoms with van der Waals surface area (Å²) >= 11 is 0. The maximum absolute atomic E-state index is 6.19. The number of aromatic nitrogens is 2. The lowest BCUT2D eigenvalue weighted by Gasteiger charge is -2.07. The third kappa shape index (κ3) is 1.71. The number of hydrogen-bond acceptors (Lipinski definition) is 2. The zero-order valence-corrected chi connectivity index (χ0v) is 10.1. The van der Waals surface area contributed by atoms with E-state index in [9.17, 15) is 0 Å². The van der Waals surface area contributed by atoms with E-state index in [1.165, 1.54) is 12.8 Å². The van der Waals surface area contributed by atoms with Gasteiger partial charge in [-0.1, -0.05) is 37.3 Å². The van der Waals surface area contributed by atoms with Crippen LogP contribution in [0.25, 0.3) is 11.4 Å². The van der Waals surface area contributed by atoms with Gasteiger partial charge in [0.15, 0.2) is 0 Å². The maximum Gasteiger partial charge on any atom is 0.142 e. The summed E-state index contributed by atoms with van der Waals surface area (Å²) in [6.07, 6.45) is 3.35. The molecule has 0 spiro atoms. The van der Waals surface area contributed by atoms with Gasteiger partial charge in [-0.2, -0.15) is 0 Å². The van der Waals surface area contributed by atoms with E-state index in [0.717, 1.165) is 29.3 Å². The predicted molar refractivity (Wildman–Crippen MR) is 69.7 cm³/mol. The lowest BCUT2D eigenvalue weighted by atomic mass is 10.2. The van der Waals surface area contributed by atoms with E-state index in [0.29, 0.717) is 6.04 Å². The molecule has 0 aliphatic heterocycles. The first-order chi connectivity index (χ1) is 8.31. The van der Waals surface area contributed by atoms with Crippen LogP contribution in [0.15, 0.2) is 30.3 Å². The molecule has 3 heteroatoms. The zero-order chi connectivity index (χ0) is 11.8. The first-order valence-electron chi connectivity index (χ1n) is 6.23. The van der Waals surface area contributed by atoms with Crippen LogP contribution < -0.4 is 5.73 Å². The number of imidazole rings is 1. The summed E-state index contributed by atoms with van der Waals surface area (Å²) in [5.74, 6) is 1.89. The number of nitrogens with zero attached hydrogens (tertiary/aromatic N) is 2. The molecule has 1 heterocycles. The highest BCUT2D eigenvalue weighted by Gasteiger charge is 2.29. The van der Waals surface area contributed by atoms with E-state index in [1.54, 1.807) is 0 Å². The minimum absolute atomic E-state index is 0.568. The van der Waals surface area contributed by atoms with Crippen LogP contribution in [0.2, 0.25) is 0 Å². The van der Waals surface area contributed by atoms with Crippen molar-refractivity contribution in [2.24, 2.45) is 0 Å². The van der Waals surface area contributed by atoms with E-state index in [4.69, 9.17) is 10.7 Å². The predicted octanol–water partition coefficient (Wildman–Crippen LogP) is 3.03. The standard InChI is InChI=1S/C14H17N3/c1-2-12-13(15)17(11-8-9-11)14(16-12)10-6-4-3-5-7-10/h3-7,11H,2,8-9,15H2,1H3. The monoisotopic (exact) mass is 227 g/mol. The minimum atomic E-state index is 0.568. The second kappa shape index (κ2) is 3.91. The molecule has 1 aliphatic carbocycles. The Morgan fingerprint density at radius 1 is 1.29 bits per heavy atom. The fourth-order valence-corrected chi connectivity index (χ4v) is 2.25. The van der Waals surface area contributed by atoms with Gasteiger partial charge in [0.25, 0.3) is 0 Å². The molecule has 0 amide bonds. The van der Waals surface area contributed by atoms with Crippen molar-refractivity contribution in [3.8, 4) is 11.4 Å². The molecular formula is C14H17N3. The van der Waals surface area contributed by atoms with Crippen molar-refractivity contribution >= 4 is 5.82 Å². The molecule has 1 aromatic carbocycles. The summed E-state index contributed by atoms with van der Waals surface area (Å²) < 4.78 is 2.22. The third-order valence-electron chi connectivity index (χ3n) is 3.30. The molecule has 0 radical (unpaired) electrons. The van der Waals surface area contributed by atoms with Crippen molar-refractivity contribution in [2.75, 3.05) is 5.73 Å². The Bertz CT molecular complexity index is 524. The minimum Gasteiger partial charge on any atom is -0.384 e. The molecule has 1 aromatic heterocycles. The molecule has 1 saturated carbocycles. The van der Waals surface area contributed by atoms with Crippen LogP contribution in [0, 0.1) is 0 Å². The number of nitrogen functional groups attached to an aromatic ring is 1. The lowest BCUT2D eigenvalue weighted by Crippen LogP contribution is -2.03. The molecule has 1 fully saturated rings. The van der Waals surface area contributed by atoms with Crippen LogP contribution in [0.1, 0.15) is 31.5 Å². The smallest absolute Gasteiger partial charge is 0.142 e. The van der Waals surface area contributed by atoms with E-state index in [-0.39, 0.29) is 0 Å². The fourth-order valence-electron chi connectivity index (χ4n) is 2.25. The first kappa shape index (κ1) is 10.4. The Morgan fingerprint density at radius 3 is 2.59 bits per heavy atom. The van der Waals surface area contributed by atoms with Crippen molar-refractivity contribution < 1.29 is 0 Å². The SMILES string of the molecule is CCc1nc(-c2ccccc2)n(C2CC2)c1N. The van der Waals surface area contributed by atoms with Gasteiger partial charge in [0, 0.05) is 11.6 Å². The average Bonchev–Trinajstić information content (AvgIpc) is 3.14. The molecule has 2 N–H and O–H groups in total. The number of aryl methyl sites for hydroxylation is 1. The van der Waals surface area contributed by atoms with Gasteiger partial charge in [-0.25, -0.2) is 4.98 Å². The summed E-state index contributed by atoms with van der Waals surface area (Å²) in [7, 11) is 0. The zero-order valence-electron chi connectivity index (χ0n) is 10.1. The van der Waals surface area contributed by atoms with Crippen LogP contribution in [0.5, 0.6) is 0 Å². The van der Waals surface area contributed by atoms with Crippen molar-refractivity contribution in [2.45, 2.75) is 32.2 Å². The van der Waals surface area contributed by atoms with Gasteiger partial charge >= 0.3 is 0 Å². The highest BCUT2D eigenvalue weighted by Crippen LogP contribution is 2.41. The largest absolute Gasteiger partial charge is 0.384 e. The normalized spacial score (nSPS) is 15.1. The Balaban J connectivity index is 2.15. The topological polar surface area (TPSA) is 43.8 Å². The van der Waals surface area contributed by atoms with Gasteiger partial charge in [0.2, 0.25) is 0 Å². The second-order valence-corrected chi connectivity index (χ2v) is 4.59. The number of rotatable bonds is 3. The Kier molecular flexibility index (Phi) is 2.39. The Morgan fingerprint density at radius 2 is 2.00 bits per heavy atom. The molecule has 0 atom stereocenters. The molecule has 88 valence electrons. The van der Waals surface area contributed by atoms with E-state index >= 15 is 0 Å². The van der Waals surface area contributed by atoms with E-state index in [1.807, 2.05) is 18.2 Å². The van der Waals surface area contributed by atoms with Gasteiger partial charge in [-0.15, -0.1) is 0 Å². The Labute approximate surface area is 101 Å². The average molecular weight is 227 g/mol. The van der Waals surface area contributed by atoms with Gasteiger partial charge in [0.05, 0.1) is 5.69 Å². The van der Waals surface area contributed by atoms with Crippen molar-refractivity contribution in [1.29, 1.82) is 0 Å². The van der Waals surface area contributed by atoms with Crippen LogP contribution in [-0.4, -0.2) is 9.55 Å². The van der Waals surface area contributed by atoms with Gasteiger partial charge < -0.3 is 10.3 Å². The summed E-state index contributed by atoms with van der Waals surface area (Å²) in [6.45, 7) is 2.10. The molecule has 17 heavy (non-hydrogen) atoms. The molecule has 0 saturated heterocycles. The molecule has 1 aliphatic rings. The molecular weight excluding hydrogens is 210 g/mol. The van der Waals surface area contributed by atoms with Gasteiger partial charge in [0.1, 0.15) is 11.6 Å². The van der Waals surface area contributed by atoms with Crippen molar-refractivity contribution in [3.63, 3.8) is 0 Å². The molecule has 3 nitrogen and oxygen atoms in total. The molecule has 0 unspecified atom stereocenters. The number of hydrogen-bond donors (Lipinski definition) is 1. The fraction of sp³-hybridized carbons (Fsp3) is 0.357. The number of anilines is 1. The van der Waals surface area contributed by atoms with Gasteiger partial charge in [-0.3, -0.25) is 0 Å². The van der Waals surface area contributed by atoms with Gasteiger partial charge in [-0.05, 0) is 19.3 Å². The quantitative estimate of drug-likeness (QED) is 0.875. The summed E-state index contributed by atoms with van der Waals surface area (Å²) in [6, 6.07) is 10.9. The second-order valence-electron chi connectivity index (χ2n) is 4.59. The van der Waals surface area contributed by atoms with Crippen LogP contribution in [-0.2, 0) is 6.42 Å². The van der Waals surface area contributed by atoms with E-state index in [2.05, 4.69) is 23.6 Å². The summed E-state index contributed by atoms with van der Waals surface area (Å²) in [5, 5.41) is 0. The highest BCUT2D eigenvalue weighted by molar-refractivity contribution is 5.61. The molecule has 2 aromatic rings. The maximum atomic E-state index is 6.19. The summed E-state index contributed by atoms with van der Waals surface area (Å²) in [5.41, 5.74) is 8.38. The lowest BCUT2D eigenvalue weighted by molar-refractivity contribution is 0.759. The summed E-state index contributed by atoms with van der Waals surface area (Å²) in [4.78, 5) is 4.70. The van der Waals surface area contributed by atoms with Crippen LogP contribution >= 0.6 is 0 Å². The van der Waals surface area contributed by atoms with Crippen molar-refractivity contribution in [3.05, 3.63) is 36.0 Å². The van der Waals surface area contributed by atoms with Crippen molar-refractivity contribution in [1.82, 2.24) is 9.55 Å². The first-order valence-corrected chi connectivity index (χ1v) is 6.23. The molecule has 0 bridgehead atoms. The van der Waals surface area contributed by atoms with E-state index < -0.39 is 0 Å². The third-order valence-corrected chi connectivity index (χ3v) is 3.30. The number of benzene rings is 1. The highest BCUT2D eigenvalue weighted by atomic mass is 15.2. The van der Waals surface area contributed by atoms with Crippen LogP contribution in [0.3, 0.4) is 0 Å². The van der Waals surface area contributed by atoms with Crippen LogP contribution in [0.4, 0.5) is 5.82 Å². The number of nitrogens with two attached hydrogens (primary N) is 1. The Hall–Kier alpha value is -1.77.